The molecule has 2 aromatic rings. The Morgan fingerprint density at radius 1 is 1.39 bits per heavy atom. The number of carboxylic acid groups (broad SMARTS) is 1. The Balaban J connectivity index is 2.13. The zero-order chi connectivity index (χ0) is 13.0. The monoisotopic (exact) mass is 242 g/mol. The third-order valence-electron chi connectivity index (χ3n) is 2.67. The van der Waals surface area contributed by atoms with E-state index < -0.39 is 5.97 Å². The lowest BCUT2D eigenvalue weighted by atomic mass is 10.1. The average molecular weight is 242 g/mol. The molecule has 1 N–H and O–H groups in total. The first kappa shape index (κ1) is 12.1. The first-order valence-corrected chi connectivity index (χ1v) is 5.61. The highest BCUT2D eigenvalue weighted by Crippen LogP contribution is 2.15. The second kappa shape index (κ2) is 5.31. The van der Waals surface area contributed by atoms with Crippen molar-refractivity contribution in [3.8, 4) is 0 Å². The highest BCUT2D eigenvalue weighted by molar-refractivity contribution is 5.89. The van der Waals surface area contributed by atoms with Gasteiger partial charge in [-0.15, -0.1) is 0 Å². The molecule has 0 aliphatic carbocycles. The van der Waals surface area contributed by atoms with E-state index in [-0.39, 0.29) is 0 Å². The van der Waals surface area contributed by atoms with Crippen molar-refractivity contribution in [1.82, 2.24) is 9.55 Å². The molecule has 92 valence electrons. The molecule has 0 aliphatic heterocycles. The van der Waals surface area contributed by atoms with Crippen LogP contribution in [0.2, 0.25) is 0 Å². The van der Waals surface area contributed by atoms with Crippen LogP contribution >= 0.6 is 0 Å². The van der Waals surface area contributed by atoms with E-state index in [1.54, 1.807) is 19.4 Å². The van der Waals surface area contributed by atoms with Gasteiger partial charge in [0.1, 0.15) is 0 Å². The van der Waals surface area contributed by atoms with E-state index in [9.17, 15) is 4.79 Å². The molecule has 1 aromatic heterocycles. The van der Waals surface area contributed by atoms with Crippen LogP contribution in [0.25, 0.3) is 5.57 Å². The van der Waals surface area contributed by atoms with Gasteiger partial charge in [-0.1, -0.05) is 24.3 Å². The van der Waals surface area contributed by atoms with Gasteiger partial charge in [0.15, 0.2) is 0 Å². The van der Waals surface area contributed by atoms with E-state index in [2.05, 4.69) is 4.98 Å². The summed E-state index contributed by atoms with van der Waals surface area (Å²) in [5, 5.41) is 8.68. The van der Waals surface area contributed by atoms with Crippen LogP contribution in [-0.2, 0) is 11.3 Å². The Kier molecular flexibility index (Phi) is 3.57. The van der Waals surface area contributed by atoms with Crippen molar-refractivity contribution in [3.63, 3.8) is 0 Å². The molecule has 0 saturated heterocycles. The molecular weight excluding hydrogens is 228 g/mol. The van der Waals surface area contributed by atoms with E-state index in [0.29, 0.717) is 0 Å². The summed E-state index contributed by atoms with van der Waals surface area (Å²) >= 11 is 0. The zero-order valence-corrected chi connectivity index (χ0v) is 10.1. The number of rotatable bonds is 4. The number of hydrogen-bond acceptors (Lipinski definition) is 2. The van der Waals surface area contributed by atoms with Gasteiger partial charge in [-0.2, -0.15) is 0 Å². The van der Waals surface area contributed by atoms with Gasteiger partial charge in [0.05, 0.1) is 6.33 Å². The third-order valence-corrected chi connectivity index (χ3v) is 2.67. The first-order chi connectivity index (χ1) is 8.65. The fourth-order valence-electron chi connectivity index (χ4n) is 1.73. The van der Waals surface area contributed by atoms with Gasteiger partial charge in [0.25, 0.3) is 0 Å². The van der Waals surface area contributed by atoms with Gasteiger partial charge in [0, 0.05) is 25.0 Å². The smallest absolute Gasteiger partial charge is 0.328 e. The van der Waals surface area contributed by atoms with Crippen LogP contribution in [0.5, 0.6) is 0 Å². The summed E-state index contributed by atoms with van der Waals surface area (Å²) in [6.45, 7) is 2.56. The number of imidazole rings is 1. The van der Waals surface area contributed by atoms with Gasteiger partial charge in [0.2, 0.25) is 0 Å². The molecule has 0 spiro atoms. The molecule has 0 bridgehead atoms. The van der Waals surface area contributed by atoms with E-state index in [0.717, 1.165) is 23.2 Å². The largest absolute Gasteiger partial charge is 0.478 e. The maximum absolute atomic E-state index is 10.6. The normalized spacial score (nSPS) is 11.5. The predicted octanol–water partition coefficient (Wildman–Crippen LogP) is 2.42. The molecule has 0 fully saturated rings. The van der Waals surface area contributed by atoms with Crippen LogP contribution in [0.1, 0.15) is 18.1 Å². The molecule has 18 heavy (non-hydrogen) atoms. The Morgan fingerprint density at radius 2 is 2.11 bits per heavy atom. The summed E-state index contributed by atoms with van der Waals surface area (Å²) in [5.41, 5.74) is 2.82. The lowest BCUT2D eigenvalue weighted by Crippen LogP contribution is -1.96. The molecule has 0 radical (unpaired) electrons. The molecule has 1 aromatic carbocycles. The number of benzene rings is 1. The second-order valence-corrected chi connectivity index (χ2v) is 4.10. The molecule has 0 saturated carbocycles. The Bertz CT molecular complexity index is 554. The fourth-order valence-corrected chi connectivity index (χ4v) is 1.73. The molecule has 0 atom stereocenters. The number of aliphatic carboxylic acids is 1. The number of carboxylic acids is 1. The number of allylic oxidation sites excluding steroid dienone is 1. The molecule has 0 unspecified atom stereocenters. The number of nitrogens with zero attached hydrogens (tertiary/aromatic N) is 2. The molecule has 4 heteroatoms. The number of carbonyl (C=O) groups is 1. The Morgan fingerprint density at radius 3 is 2.67 bits per heavy atom. The molecule has 0 aliphatic rings. The summed E-state index contributed by atoms with van der Waals surface area (Å²) in [5.74, 6) is -0.921. The van der Waals surface area contributed by atoms with E-state index in [1.165, 1.54) is 6.08 Å². The van der Waals surface area contributed by atoms with E-state index in [1.807, 2.05) is 35.0 Å². The maximum atomic E-state index is 10.6. The van der Waals surface area contributed by atoms with Crippen molar-refractivity contribution in [1.29, 1.82) is 0 Å². The Labute approximate surface area is 105 Å². The van der Waals surface area contributed by atoms with Crippen molar-refractivity contribution in [3.05, 3.63) is 60.2 Å². The topological polar surface area (TPSA) is 55.1 Å². The quantitative estimate of drug-likeness (QED) is 0.838. The zero-order valence-electron chi connectivity index (χ0n) is 10.1. The first-order valence-electron chi connectivity index (χ1n) is 5.61. The molecule has 4 nitrogen and oxygen atoms in total. The van der Waals surface area contributed by atoms with Crippen molar-refractivity contribution in [2.45, 2.75) is 13.5 Å². The highest BCUT2D eigenvalue weighted by atomic mass is 16.4. The van der Waals surface area contributed by atoms with Gasteiger partial charge >= 0.3 is 5.97 Å². The van der Waals surface area contributed by atoms with Crippen LogP contribution in [0.3, 0.4) is 0 Å². The summed E-state index contributed by atoms with van der Waals surface area (Å²) in [6.07, 6.45) is 6.63. The summed E-state index contributed by atoms with van der Waals surface area (Å²) in [6, 6.07) is 7.85. The second-order valence-electron chi connectivity index (χ2n) is 4.10. The van der Waals surface area contributed by atoms with Gasteiger partial charge in [-0.25, -0.2) is 9.78 Å². The maximum Gasteiger partial charge on any atom is 0.328 e. The van der Waals surface area contributed by atoms with Crippen molar-refractivity contribution in [2.24, 2.45) is 0 Å². The minimum atomic E-state index is -0.921. The van der Waals surface area contributed by atoms with Crippen molar-refractivity contribution < 1.29 is 9.90 Å². The minimum Gasteiger partial charge on any atom is -0.478 e. The molecule has 0 amide bonds. The van der Waals surface area contributed by atoms with Crippen LogP contribution < -0.4 is 0 Å². The highest BCUT2D eigenvalue weighted by Gasteiger charge is 2.00. The number of hydrogen-bond donors (Lipinski definition) is 1. The third kappa shape index (κ3) is 3.07. The van der Waals surface area contributed by atoms with Crippen LogP contribution in [0.4, 0.5) is 0 Å². The Hall–Kier alpha value is -2.36. The average Bonchev–Trinajstić information content (AvgIpc) is 2.82. The van der Waals surface area contributed by atoms with Crippen LogP contribution in [0, 0.1) is 0 Å². The molecular formula is C14H14N2O2. The standard InChI is InChI=1S/C14H14N2O2/c1-11(8-14(17)18)13-4-2-12(3-5-13)9-16-7-6-15-10-16/h2-8,10H,9H2,1H3,(H,17,18). The van der Waals surface area contributed by atoms with Crippen LogP contribution in [-0.4, -0.2) is 20.6 Å². The lowest BCUT2D eigenvalue weighted by Gasteiger charge is -2.05. The summed E-state index contributed by atoms with van der Waals surface area (Å²) < 4.78 is 1.98. The minimum absolute atomic E-state index is 0.747. The van der Waals surface area contributed by atoms with Crippen molar-refractivity contribution >= 4 is 11.5 Å². The van der Waals surface area contributed by atoms with E-state index in [4.69, 9.17) is 5.11 Å². The lowest BCUT2D eigenvalue weighted by molar-refractivity contribution is -0.131. The van der Waals surface area contributed by atoms with Gasteiger partial charge in [-0.05, 0) is 23.6 Å². The molecule has 2 rings (SSSR count). The van der Waals surface area contributed by atoms with Gasteiger partial charge < -0.3 is 9.67 Å². The van der Waals surface area contributed by atoms with Gasteiger partial charge in [-0.3, -0.25) is 0 Å². The predicted molar refractivity (Wildman–Crippen MR) is 69.1 cm³/mol. The summed E-state index contributed by atoms with van der Waals surface area (Å²) in [7, 11) is 0. The van der Waals surface area contributed by atoms with Crippen LogP contribution in [0.15, 0.2) is 49.1 Å². The van der Waals surface area contributed by atoms with Crippen molar-refractivity contribution in [2.75, 3.05) is 0 Å². The van der Waals surface area contributed by atoms with E-state index >= 15 is 0 Å². The molecule has 1 heterocycles. The SMILES string of the molecule is CC(=CC(=O)O)c1ccc(Cn2ccnc2)cc1. The number of aromatic nitrogens is 2. The fraction of sp³-hybridized carbons (Fsp3) is 0.143. The summed E-state index contributed by atoms with van der Waals surface area (Å²) in [4.78, 5) is 14.6.